The third-order valence-corrected chi connectivity index (χ3v) is 7.46. The number of benzene rings is 2. The molecule has 0 bridgehead atoms. The second kappa shape index (κ2) is 11.3. The number of aromatic nitrogens is 1. The maximum atomic E-state index is 14.2. The summed E-state index contributed by atoms with van der Waals surface area (Å²) in [6.45, 7) is 3.64. The normalized spacial score (nSPS) is 16.9. The lowest BCUT2D eigenvalue weighted by molar-refractivity contribution is -0.123. The van der Waals surface area contributed by atoms with Crippen molar-refractivity contribution in [2.24, 2.45) is 5.73 Å². The molecule has 1 saturated heterocycles. The number of rotatable bonds is 8. The van der Waals surface area contributed by atoms with Gasteiger partial charge in [0, 0.05) is 24.9 Å². The van der Waals surface area contributed by atoms with Gasteiger partial charge in [-0.1, -0.05) is 29.8 Å². The second-order valence-corrected chi connectivity index (χ2v) is 10.1. The average Bonchev–Trinajstić information content (AvgIpc) is 3.60. The minimum atomic E-state index is -1.10. The van der Waals surface area contributed by atoms with Crippen molar-refractivity contribution in [2.75, 3.05) is 37.0 Å². The van der Waals surface area contributed by atoms with Gasteiger partial charge in [-0.15, -0.1) is 0 Å². The molecule has 12 heteroatoms. The van der Waals surface area contributed by atoms with E-state index >= 15 is 0 Å². The van der Waals surface area contributed by atoms with E-state index < -0.39 is 23.8 Å². The number of nitrogens with zero attached hydrogens (tertiary/aromatic N) is 2. The number of hydrogen-bond donors (Lipinski definition) is 3. The molecule has 2 aliphatic heterocycles. The molecule has 204 valence electrons. The fourth-order valence-corrected chi connectivity index (χ4v) is 5.33. The van der Waals surface area contributed by atoms with Crippen LogP contribution in [-0.2, 0) is 9.53 Å². The third kappa shape index (κ3) is 5.52. The first-order chi connectivity index (χ1) is 18.8. The van der Waals surface area contributed by atoms with Gasteiger partial charge in [-0.25, -0.2) is 0 Å². The topological polar surface area (TPSA) is 159 Å². The van der Waals surface area contributed by atoms with Crippen LogP contribution in [0.1, 0.15) is 50.2 Å². The van der Waals surface area contributed by atoms with Crippen molar-refractivity contribution in [1.82, 2.24) is 9.69 Å². The molecule has 1 aromatic heterocycles. The minimum absolute atomic E-state index is 0.0114. The zero-order valence-corrected chi connectivity index (χ0v) is 22.2. The first kappa shape index (κ1) is 26.4. The molecule has 2 aliphatic rings. The van der Waals surface area contributed by atoms with E-state index in [9.17, 15) is 14.4 Å². The van der Waals surface area contributed by atoms with Crippen LogP contribution in [0.5, 0.6) is 11.5 Å². The van der Waals surface area contributed by atoms with Gasteiger partial charge in [-0.3, -0.25) is 19.3 Å². The van der Waals surface area contributed by atoms with Gasteiger partial charge in [0.2, 0.25) is 5.91 Å². The summed E-state index contributed by atoms with van der Waals surface area (Å²) in [5, 5.41) is 2.96. The molecule has 39 heavy (non-hydrogen) atoms. The van der Waals surface area contributed by atoms with Crippen LogP contribution in [0.15, 0.2) is 42.5 Å². The fourth-order valence-electron chi connectivity index (χ4n) is 4.59. The predicted octanol–water partition coefficient (Wildman–Crippen LogP) is 2.59. The minimum Gasteiger partial charge on any atom is -0.486 e. The molecule has 11 nitrogen and oxygen atoms in total. The summed E-state index contributed by atoms with van der Waals surface area (Å²) < 4.78 is 21.1. The predicted molar refractivity (Wildman–Crippen MR) is 145 cm³/mol. The van der Waals surface area contributed by atoms with Crippen molar-refractivity contribution in [3.05, 3.63) is 64.2 Å². The van der Waals surface area contributed by atoms with Gasteiger partial charge in [0.1, 0.15) is 24.1 Å². The smallest absolute Gasteiger partial charge is 0.273 e. The number of nitrogen functional groups attached to an aromatic ring is 1. The average molecular weight is 552 g/mol. The Hall–Kier alpha value is -4.16. The number of nitrogens with one attached hydrogen (secondary N) is 1. The molecular formula is C27H29N5O6S. The van der Waals surface area contributed by atoms with Gasteiger partial charge >= 0.3 is 0 Å². The van der Waals surface area contributed by atoms with Gasteiger partial charge in [0.05, 0.1) is 11.8 Å². The molecule has 0 spiro atoms. The Balaban J connectivity index is 1.61. The molecule has 0 unspecified atom stereocenters. The van der Waals surface area contributed by atoms with E-state index in [-0.39, 0.29) is 22.4 Å². The Kier molecular flexibility index (Phi) is 7.66. The molecule has 0 aliphatic carbocycles. The van der Waals surface area contributed by atoms with Crippen LogP contribution in [0.2, 0.25) is 0 Å². The number of amides is 3. The van der Waals surface area contributed by atoms with E-state index in [4.69, 9.17) is 25.7 Å². The molecule has 2 atom stereocenters. The van der Waals surface area contributed by atoms with E-state index in [0.717, 1.165) is 29.9 Å². The number of nitrogens with two attached hydrogens (primary N) is 2. The molecule has 5 N–H and O–H groups in total. The molecule has 3 amide bonds. The lowest BCUT2D eigenvalue weighted by atomic mass is 10.0. The lowest BCUT2D eigenvalue weighted by Gasteiger charge is -2.32. The standard InChI is InChI=1S/C27H29N5O6S/c1-15-4-6-16(7-5-15)23(26(34)30-14-18-3-2-10-36-18)32(17-8-9-19-20(13-17)38-12-11-37-19)27(35)24-21(28)22(25(29)33)31-39-24/h4-9,13,18,23H,2-3,10-12,14,28H2,1H3,(H2,29,33)(H,30,34)/t18-,23-/m1/s1. The van der Waals surface area contributed by atoms with Crippen LogP contribution < -0.4 is 31.2 Å². The van der Waals surface area contributed by atoms with Crippen molar-refractivity contribution in [3.8, 4) is 11.5 Å². The number of carbonyl (C=O) groups excluding carboxylic acids is 3. The third-order valence-electron chi connectivity index (χ3n) is 6.61. The molecule has 5 rings (SSSR count). The molecular weight excluding hydrogens is 522 g/mol. The monoisotopic (exact) mass is 551 g/mol. The maximum Gasteiger partial charge on any atom is 0.273 e. The summed E-state index contributed by atoms with van der Waals surface area (Å²) in [5.74, 6) is -0.907. The number of fused-ring (bicyclic) bond motifs is 1. The molecule has 3 heterocycles. The van der Waals surface area contributed by atoms with E-state index in [1.165, 1.54) is 4.90 Å². The van der Waals surface area contributed by atoms with Gasteiger partial charge in [-0.2, -0.15) is 4.37 Å². The number of aryl methyl sites for hydroxylation is 1. The second-order valence-electron chi connectivity index (χ2n) is 9.33. The number of hydrogen-bond acceptors (Lipinski definition) is 9. The van der Waals surface area contributed by atoms with Gasteiger partial charge < -0.3 is 31.0 Å². The summed E-state index contributed by atoms with van der Waals surface area (Å²) in [6.07, 6.45) is 1.67. The highest BCUT2D eigenvalue weighted by Crippen LogP contribution is 2.39. The Bertz CT molecular complexity index is 1390. The Morgan fingerprint density at radius 1 is 1.10 bits per heavy atom. The van der Waals surface area contributed by atoms with Gasteiger partial charge in [0.25, 0.3) is 11.8 Å². The molecule has 3 aromatic rings. The van der Waals surface area contributed by atoms with Crippen LogP contribution in [0.4, 0.5) is 11.4 Å². The number of carbonyl (C=O) groups is 3. The highest BCUT2D eigenvalue weighted by molar-refractivity contribution is 7.09. The fraction of sp³-hybridized carbons (Fsp3) is 0.333. The van der Waals surface area contributed by atoms with Crippen molar-refractivity contribution >= 4 is 40.6 Å². The van der Waals surface area contributed by atoms with Crippen molar-refractivity contribution in [2.45, 2.75) is 31.9 Å². The Labute approximate surface area is 229 Å². The van der Waals surface area contributed by atoms with Crippen LogP contribution in [0.3, 0.4) is 0 Å². The van der Waals surface area contributed by atoms with Gasteiger partial charge in [0.15, 0.2) is 17.2 Å². The zero-order chi connectivity index (χ0) is 27.5. The summed E-state index contributed by atoms with van der Waals surface area (Å²) in [7, 11) is 0. The Morgan fingerprint density at radius 2 is 1.85 bits per heavy atom. The van der Waals surface area contributed by atoms with E-state index in [0.29, 0.717) is 49.1 Å². The number of anilines is 2. The largest absolute Gasteiger partial charge is 0.486 e. The summed E-state index contributed by atoms with van der Waals surface area (Å²) >= 11 is 0.750. The first-order valence-electron chi connectivity index (χ1n) is 12.6. The number of ether oxygens (including phenoxy) is 3. The molecule has 0 saturated carbocycles. The van der Waals surface area contributed by atoms with Crippen molar-refractivity contribution < 1.29 is 28.6 Å². The van der Waals surface area contributed by atoms with Crippen LogP contribution >= 0.6 is 11.5 Å². The van der Waals surface area contributed by atoms with Crippen LogP contribution in [0, 0.1) is 6.92 Å². The van der Waals surface area contributed by atoms with Gasteiger partial charge in [-0.05, 0) is 49.0 Å². The van der Waals surface area contributed by atoms with Crippen molar-refractivity contribution in [1.29, 1.82) is 0 Å². The quantitative estimate of drug-likeness (QED) is 0.385. The van der Waals surface area contributed by atoms with Crippen LogP contribution in [0.25, 0.3) is 0 Å². The molecule has 2 aromatic carbocycles. The highest BCUT2D eigenvalue weighted by atomic mass is 32.1. The van der Waals surface area contributed by atoms with E-state index in [1.54, 1.807) is 30.3 Å². The van der Waals surface area contributed by atoms with Crippen molar-refractivity contribution in [3.63, 3.8) is 0 Å². The lowest BCUT2D eigenvalue weighted by Crippen LogP contribution is -2.45. The first-order valence-corrected chi connectivity index (χ1v) is 13.3. The van der Waals surface area contributed by atoms with E-state index in [1.807, 2.05) is 19.1 Å². The molecule has 1 fully saturated rings. The Morgan fingerprint density at radius 3 is 2.51 bits per heavy atom. The highest BCUT2D eigenvalue weighted by Gasteiger charge is 2.37. The summed E-state index contributed by atoms with van der Waals surface area (Å²) in [4.78, 5) is 41.2. The summed E-state index contributed by atoms with van der Waals surface area (Å²) in [6, 6.07) is 11.2. The summed E-state index contributed by atoms with van der Waals surface area (Å²) in [5.41, 5.74) is 13.2. The molecule has 0 radical (unpaired) electrons. The van der Waals surface area contributed by atoms with E-state index in [2.05, 4.69) is 9.69 Å². The SMILES string of the molecule is Cc1ccc([C@H](C(=O)NC[C@H]2CCCO2)N(C(=O)c2snc(C(N)=O)c2N)c2ccc3c(c2)OCCO3)cc1. The zero-order valence-electron chi connectivity index (χ0n) is 21.3. The number of primary amides is 1. The van der Waals surface area contributed by atoms with Crippen LogP contribution in [-0.4, -0.2) is 54.6 Å². The maximum absolute atomic E-state index is 14.2.